The minimum Gasteiger partial charge on any atom is -0.466 e. The van der Waals surface area contributed by atoms with Gasteiger partial charge in [-0.15, -0.1) is 0 Å². The van der Waals surface area contributed by atoms with Gasteiger partial charge in [0.25, 0.3) is 0 Å². The van der Waals surface area contributed by atoms with Gasteiger partial charge in [0.15, 0.2) is 0 Å². The van der Waals surface area contributed by atoms with Gasteiger partial charge in [-0.05, 0) is 19.8 Å². The number of rotatable bonds is 5. The first-order chi connectivity index (χ1) is 10.5. The molecule has 1 fully saturated rings. The van der Waals surface area contributed by atoms with Crippen molar-refractivity contribution in [1.29, 1.82) is 0 Å². The Kier molecular flexibility index (Phi) is 7.59. The van der Waals surface area contributed by atoms with Crippen LogP contribution in [0.5, 0.6) is 0 Å². The first kappa shape index (κ1) is 18.2. The maximum Gasteiger partial charge on any atom is 0.333 e. The molecule has 1 rings (SSSR count). The third-order valence-corrected chi connectivity index (χ3v) is 3.19. The number of carbonyl (C=O) groups excluding carboxylic acids is 3. The van der Waals surface area contributed by atoms with Crippen molar-refractivity contribution in [2.45, 2.75) is 58.0 Å². The zero-order valence-electron chi connectivity index (χ0n) is 13.1. The number of ether oxygens (including phenoxy) is 4. The summed E-state index contributed by atoms with van der Waals surface area (Å²) in [5.41, 5.74) is 0. The van der Waals surface area contributed by atoms with Crippen LogP contribution >= 0.6 is 0 Å². The van der Waals surface area contributed by atoms with Crippen LogP contribution in [-0.2, 0) is 33.3 Å². The Balaban J connectivity index is 2.50. The summed E-state index contributed by atoms with van der Waals surface area (Å²) in [5.74, 6) is -1.61. The fourth-order valence-corrected chi connectivity index (χ4v) is 1.98. The van der Waals surface area contributed by atoms with E-state index < -0.39 is 18.2 Å². The number of hydrogen-bond acceptors (Lipinski definition) is 7. The highest BCUT2D eigenvalue weighted by atomic mass is 16.7. The molecule has 0 bridgehead atoms. The van der Waals surface area contributed by atoms with Gasteiger partial charge in [0.2, 0.25) is 6.29 Å². The van der Waals surface area contributed by atoms with Crippen LogP contribution in [0.2, 0.25) is 0 Å². The molecule has 1 aliphatic heterocycles. The summed E-state index contributed by atoms with van der Waals surface area (Å²) < 4.78 is 20.4. The van der Waals surface area contributed by atoms with Crippen molar-refractivity contribution in [2.24, 2.45) is 0 Å². The fraction of sp³-hybridized carbons (Fsp3) is 0.667. The van der Waals surface area contributed by atoms with E-state index in [1.807, 2.05) is 0 Å². The van der Waals surface area contributed by atoms with Gasteiger partial charge in [0, 0.05) is 25.0 Å². The first-order valence-electron chi connectivity index (χ1n) is 7.27. The normalized spacial score (nSPS) is 25.3. The Labute approximate surface area is 129 Å². The second-order valence-corrected chi connectivity index (χ2v) is 4.88. The number of methoxy groups -OCH3 is 1. The highest BCUT2D eigenvalue weighted by molar-refractivity contribution is 5.91. The van der Waals surface area contributed by atoms with E-state index in [9.17, 15) is 14.4 Å². The summed E-state index contributed by atoms with van der Waals surface area (Å²) in [7, 11) is 1.21. The Morgan fingerprint density at radius 2 is 1.82 bits per heavy atom. The number of carbonyl (C=O) groups is 3. The van der Waals surface area contributed by atoms with Gasteiger partial charge in [0.05, 0.1) is 13.2 Å². The lowest BCUT2D eigenvalue weighted by Crippen LogP contribution is -2.33. The molecule has 0 spiro atoms. The monoisotopic (exact) mass is 314 g/mol. The van der Waals surface area contributed by atoms with Crippen molar-refractivity contribution < 1.29 is 33.3 Å². The molecule has 1 saturated heterocycles. The van der Waals surface area contributed by atoms with Gasteiger partial charge >= 0.3 is 17.9 Å². The van der Waals surface area contributed by atoms with Crippen LogP contribution in [0.15, 0.2) is 12.2 Å². The van der Waals surface area contributed by atoms with Crippen LogP contribution in [-0.4, -0.2) is 43.5 Å². The minimum absolute atomic E-state index is 0.281. The predicted molar refractivity (Wildman–Crippen MR) is 75.6 cm³/mol. The lowest BCUT2D eigenvalue weighted by atomic mass is 10.1. The van der Waals surface area contributed by atoms with E-state index in [0.29, 0.717) is 25.7 Å². The van der Waals surface area contributed by atoms with Crippen molar-refractivity contribution in [3.05, 3.63) is 12.2 Å². The summed E-state index contributed by atoms with van der Waals surface area (Å²) >= 11 is 0. The van der Waals surface area contributed by atoms with E-state index in [-0.39, 0.29) is 18.2 Å². The molecule has 124 valence electrons. The molecule has 0 N–H and O–H groups in total. The Hall–Kier alpha value is -1.89. The summed E-state index contributed by atoms with van der Waals surface area (Å²) in [6.07, 6.45) is 2.68. The van der Waals surface area contributed by atoms with Crippen LogP contribution in [0.1, 0.15) is 39.5 Å². The molecule has 0 aromatic heterocycles. The maximum atomic E-state index is 11.6. The molecule has 0 aromatic rings. The molecule has 0 aliphatic carbocycles. The average molecular weight is 314 g/mol. The molecule has 7 heteroatoms. The highest BCUT2D eigenvalue weighted by Gasteiger charge is 2.29. The topological polar surface area (TPSA) is 88.1 Å². The number of hydrogen-bond donors (Lipinski definition) is 0. The standard InChI is InChI=1S/C15H22O7/c1-4-12(16)21-11-6-5-7-15(20-10(11)2)22-14(18)9-8-13(17)19-3/h8-11,15H,4-7H2,1-3H3/b9-8+/t10-,11?,15?/m0/s1. The first-order valence-corrected chi connectivity index (χ1v) is 7.27. The molecule has 1 heterocycles. The summed E-state index contributed by atoms with van der Waals surface area (Å²) in [4.78, 5) is 33.8. The maximum absolute atomic E-state index is 11.6. The zero-order valence-corrected chi connectivity index (χ0v) is 13.1. The molecule has 0 amide bonds. The van der Waals surface area contributed by atoms with E-state index in [1.165, 1.54) is 7.11 Å². The predicted octanol–water partition coefficient (Wildman–Crippen LogP) is 1.50. The molecule has 1 aliphatic rings. The highest BCUT2D eigenvalue weighted by Crippen LogP contribution is 2.22. The molecule has 0 saturated carbocycles. The largest absolute Gasteiger partial charge is 0.466 e. The van der Waals surface area contributed by atoms with Crippen molar-refractivity contribution in [1.82, 2.24) is 0 Å². The van der Waals surface area contributed by atoms with Crippen molar-refractivity contribution >= 4 is 17.9 Å². The lowest BCUT2D eigenvalue weighted by Gasteiger charge is -2.23. The molecular formula is C15H22O7. The van der Waals surface area contributed by atoms with Crippen LogP contribution < -0.4 is 0 Å². The summed E-state index contributed by atoms with van der Waals surface area (Å²) in [6, 6.07) is 0. The fourth-order valence-electron chi connectivity index (χ4n) is 1.98. The number of esters is 3. The third kappa shape index (κ3) is 6.26. The van der Waals surface area contributed by atoms with Crippen molar-refractivity contribution in [3.8, 4) is 0 Å². The van der Waals surface area contributed by atoms with Crippen molar-refractivity contribution in [3.63, 3.8) is 0 Å². The second kappa shape index (κ2) is 9.19. The lowest BCUT2D eigenvalue weighted by molar-refractivity contribution is -0.195. The van der Waals surface area contributed by atoms with Gasteiger partial charge in [-0.2, -0.15) is 0 Å². The van der Waals surface area contributed by atoms with E-state index in [1.54, 1.807) is 13.8 Å². The minimum atomic E-state index is -0.727. The Bertz CT molecular complexity index is 430. The molecular weight excluding hydrogens is 292 g/mol. The van der Waals surface area contributed by atoms with E-state index in [4.69, 9.17) is 14.2 Å². The molecule has 3 atom stereocenters. The van der Waals surface area contributed by atoms with Crippen LogP contribution in [0.25, 0.3) is 0 Å². The summed E-state index contributed by atoms with van der Waals surface area (Å²) in [5, 5.41) is 0. The van der Waals surface area contributed by atoms with E-state index in [2.05, 4.69) is 4.74 Å². The van der Waals surface area contributed by atoms with Gasteiger partial charge < -0.3 is 18.9 Å². The van der Waals surface area contributed by atoms with Crippen LogP contribution in [0.4, 0.5) is 0 Å². The van der Waals surface area contributed by atoms with Crippen LogP contribution in [0, 0.1) is 0 Å². The zero-order chi connectivity index (χ0) is 16.5. The van der Waals surface area contributed by atoms with Gasteiger partial charge in [-0.3, -0.25) is 4.79 Å². The molecule has 7 nitrogen and oxygen atoms in total. The molecule has 2 unspecified atom stereocenters. The quantitative estimate of drug-likeness (QED) is 0.431. The average Bonchev–Trinajstić information content (AvgIpc) is 2.66. The van der Waals surface area contributed by atoms with Gasteiger partial charge in [-0.25, -0.2) is 9.59 Å². The second-order valence-electron chi connectivity index (χ2n) is 4.88. The SMILES string of the molecule is CCC(=O)OC1CCCC(OC(=O)/C=C/C(=O)OC)O[C@H]1C. The molecule has 0 radical (unpaired) electrons. The Morgan fingerprint density at radius 1 is 1.14 bits per heavy atom. The smallest absolute Gasteiger partial charge is 0.333 e. The van der Waals surface area contributed by atoms with Gasteiger partial charge in [-0.1, -0.05) is 6.92 Å². The third-order valence-electron chi connectivity index (χ3n) is 3.19. The van der Waals surface area contributed by atoms with Gasteiger partial charge in [0.1, 0.15) is 6.10 Å². The van der Waals surface area contributed by atoms with Crippen LogP contribution in [0.3, 0.4) is 0 Å². The Morgan fingerprint density at radius 3 is 2.45 bits per heavy atom. The molecule has 22 heavy (non-hydrogen) atoms. The van der Waals surface area contributed by atoms with Crippen molar-refractivity contribution in [2.75, 3.05) is 7.11 Å². The molecule has 0 aromatic carbocycles. The van der Waals surface area contributed by atoms with E-state index in [0.717, 1.165) is 12.2 Å². The summed E-state index contributed by atoms with van der Waals surface area (Å²) in [6.45, 7) is 3.49. The van der Waals surface area contributed by atoms with E-state index >= 15 is 0 Å².